The highest BCUT2D eigenvalue weighted by Crippen LogP contribution is 2.42. The molecule has 3 aliphatic rings. The Kier molecular flexibility index (Phi) is 3.71. The molecule has 2 fully saturated rings. The molecule has 0 spiro atoms. The van der Waals surface area contributed by atoms with Crippen molar-refractivity contribution in [2.75, 3.05) is 17.2 Å². The fraction of sp³-hybridized carbons (Fsp3) is 0.444. The Balaban J connectivity index is 1.42. The predicted molar refractivity (Wildman–Crippen MR) is 93.4 cm³/mol. The Hall–Kier alpha value is -2.90. The minimum Gasteiger partial charge on any atom is -0.326 e. The molecule has 136 valence electrons. The molecule has 8 heteroatoms. The van der Waals surface area contributed by atoms with E-state index >= 15 is 0 Å². The maximum atomic E-state index is 12.6. The predicted octanol–water partition coefficient (Wildman–Crippen LogP) is 1.23. The summed E-state index contributed by atoms with van der Waals surface area (Å²) >= 11 is 0. The van der Waals surface area contributed by atoms with Crippen LogP contribution in [-0.4, -0.2) is 40.7 Å². The van der Waals surface area contributed by atoms with Gasteiger partial charge in [0.05, 0.1) is 0 Å². The average Bonchev–Trinajstić information content (AvgIpc) is 3.41. The number of hydrogen-bond acceptors (Lipinski definition) is 4. The molecule has 1 aromatic rings. The summed E-state index contributed by atoms with van der Waals surface area (Å²) in [6.07, 6.45) is 2.84. The van der Waals surface area contributed by atoms with Crippen molar-refractivity contribution in [2.45, 2.75) is 38.1 Å². The van der Waals surface area contributed by atoms with Gasteiger partial charge in [-0.15, -0.1) is 0 Å². The normalized spacial score (nSPS) is 24.8. The molecule has 0 aromatic heterocycles. The Morgan fingerprint density at radius 1 is 1.27 bits per heavy atom. The van der Waals surface area contributed by atoms with Gasteiger partial charge in [0.1, 0.15) is 12.1 Å². The van der Waals surface area contributed by atoms with Crippen LogP contribution in [0.25, 0.3) is 0 Å². The monoisotopic (exact) mass is 356 g/mol. The number of aryl methyl sites for hydroxylation is 1. The summed E-state index contributed by atoms with van der Waals surface area (Å²) in [4.78, 5) is 49.4. The van der Waals surface area contributed by atoms with E-state index in [9.17, 15) is 19.2 Å². The molecule has 8 nitrogen and oxygen atoms in total. The topological polar surface area (TPSA) is 108 Å². The standard InChI is InChI=1S/C18H20N4O4/c1-18(11-3-4-11)16(25)22(17(26)21-18)9-15(24)19-12-5-6-13-10(8-12)2-7-14(23)20-13/h5-6,8,11H,2-4,7,9H2,1H3,(H,19,24)(H,20,23)(H,21,26). The number of nitrogens with zero attached hydrogens (tertiary/aromatic N) is 1. The van der Waals surface area contributed by atoms with E-state index in [1.54, 1.807) is 25.1 Å². The molecule has 3 N–H and O–H groups in total. The molecule has 1 unspecified atom stereocenters. The molecule has 2 aliphatic heterocycles. The number of imide groups is 1. The van der Waals surface area contributed by atoms with Crippen LogP contribution >= 0.6 is 0 Å². The van der Waals surface area contributed by atoms with E-state index in [-0.39, 0.29) is 24.3 Å². The van der Waals surface area contributed by atoms with E-state index in [0.29, 0.717) is 18.5 Å². The van der Waals surface area contributed by atoms with Gasteiger partial charge in [-0.05, 0) is 55.9 Å². The number of urea groups is 1. The first-order valence-corrected chi connectivity index (χ1v) is 8.73. The minimum absolute atomic E-state index is 0.0217. The number of hydrogen-bond donors (Lipinski definition) is 3. The third-order valence-electron chi connectivity index (χ3n) is 5.28. The third-order valence-corrected chi connectivity index (χ3v) is 5.28. The molecule has 4 rings (SSSR count). The van der Waals surface area contributed by atoms with Crippen LogP contribution in [0.1, 0.15) is 31.7 Å². The lowest BCUT2D eigenvalue weighted by Crippen LogP contribution is -2.46. The number of nitrogens with one attached hydrogen (secondary N) is 3. The Bertz CT molecular complexity index is 832. The van der Waals surface area contributed by atoms with Crippen molar-refractivity contribution in [3.05, 3.63) is 23.8 Å². The zero-order valence-electron chi connectivity index (χ0n) is 14.4. The van der Waals surface area contributed by atoms with E-state index < -0.39 is 17.5 Å². The van der Waals surface area contributed by atoms with Crippen molar-refractivity contribution < 1.29 is 19.2 Å². The summed E-state index contributed by atoms with van der Waals surface area (Å²) in [5.74, 6) is -0.643. The van der Waals surface area contributed by atoms with Crippen LogP contribution in [0.15, 0.2) is 18.2 Å². The molecule has 1 atom stereocenters. The zero-order chi connectivity index (χ0) is 18.5. The number of rotatable bonds is 4. The maximum absolute atomic E-state index is 12.6. The Morgan fingerprint density at radius 3 is 2.77 bits per heavy atom. The van der Waals surface area contributed by atoms with Crippen LogP contribution in [0.5, 0.6) is 0 Å². The van der Waals surface area contributed by atoms with Gasteiger partial charge in [0, 0.05) is 17.8 Å². The zero-order valence-corrected chi connectivity index (χ0v) is 14.4. The molecule has 0 radical (unpaired) electrons. The summed E-state index contributed by atoms with van der Waals surface area (Å²) in [6.45, 7) is 1.40. The second-order valence-corrected chi connectivity index (χ2v) is 7.27. The highest BCUT2D eigenvalue weighted by atomic mass is 16.2. The SMILES string of the molecule is CC1(C2CC2)NC(=O)N(CC(=O)Nc2ccc3c(c2)CCC(=O)N3)C1=O. The number of amides is 5. The van der Waals surface area contributed by atoms with Crippen molar-refractivity contribution in [2.24, 2.45) is 5.92 Å². The van der Waals surface area contributed by atoms with Crippen LogP contribution < -0.4 is 16.0 Å². The summed E-state index contributed by atoms with van der Waals surface area (Å²) in [5, 5.41) is 8.22. The van der Waals surface area contributed by atoms with Crippen LogP contribution in [0.3, 0.4) is 0 Å². The van der Waals surface area contributed by atoms with Gasteiger partial charge in [0.15, 0.2) is 0 Å². The number of carbonyl (C=O) groups excluding carboxylic acids is 4. The molecule has 1 saturated heterocycles. The fourth-order valence-corrected chi connectivity index (χ4v) is 3.60. The van der Waals surface area contributed by atoms with Gasteiger partial charge in [0.2, 0.25) is 11.8 Å². The highest BCUT2D eigenvalue weighted by Gasteiger charge is 2.56. The van der Waals surface area contributed by atoms with Gasteiger partial charge in [0.25, 0.3) is 5.91 Å². The smallest absolute Gasteiger partial charge is 0.325 e. The van der Waals surface area contributed by atoms with Crippen LogP contribution in [0.2, 0.25) is 0 Å². The van der Waals surface area contributed by atoms with Crippen LogP contribution in [-0.2, 0) is 20.8 Å². The van der Waals surface area contributed by atoms with E-state index in [1.165, 1.54) is 0 Å². The van der Waals surface area contributed by atoms with E-state index in [1.807, 2.05) is 0 Å². The molecule has 26 heavy (non-hydrogen) atoms. The first-order valence-electron chi connectivity index (χ1n) is 8.73. The lowest BCUT2D eigenvalue weighted by molar-refractivity contribution is -0.134. The fourth-order valence-electron chi connectivity index (χ4n) is 3.60. The number of fused-ring (bicyclic) bond motifs is 1. The molecule has 0 bridgehead atoms. The second kappa shape index (κ2) is 5.82. The van der Waals surface area contributed by atoms with Gasteiger partial charge >= 0.3 is 6.03 Å². The Morgan fingerprint density at radius 2 is 2.04 bits per heavy atom. The number of carbonyl (C=O) groups is 4. The van der Waals surface area contributed by atoms with Crippen molar-refractivity contribution >= 4 is 35.1 Å². The van der Waals surface area contributed by atoms with Gasteiger partial charge in [-0.1, -0.05) is 0 Å². The molecular weight excluding hydrogens is 336 g/mol. The lowest BCUT2D eigenvalue weighted by atomic mass is 9.96. The summed E-state index contributed by atoms with van der Waals surface area (Å²) in [7, 11) is 0. The van der Waals surface area contributed by atoms with Crippen molar-refractivity contribution in [3.63, 3.8) is 0 Å². The van der Waals surface area contributed by atoms with E-state index in [0.717, 1.165) is 29.0 Å². The van der Waals surface area contributed by atoms with Crippen molar-refractivity contribution in [1.82, 2.24) is 10.2 Å². The molecule has 1 aromatic carbocycles. The molecule has 1 saturated carbocycles. The van der Waals surface area contributed by atoms with Gasteiger partial charge < -0.3 is 16.0 Å². The number of anilines is 2. The van der Waals surface area contributed by atoms with Crippen molar-refractivity contribution in [1.29, 1.82) is 0 Å². The van der Waals surface area contributed by atoms with Crippen LogP contribution in [0, 0.1) is 5.92 Å². The molecule has 2 heterocycles. The largest absolute Gasteiger partial charge is 0.326 e. The minimum atomic E-state index is -0.888. The average molecular weight is 356 g/mol. The molecular formula is C18H20N4O4. The van der Waals surface area contributed by atoms with E-state index in [2.05, 4.69) is 16.0 Å². The number of benzene rings is 1. The van der Waals surface area contributed by atoms with Gasteiger partial charge in [-0.3, -0.25) is 19.3 Å². The first kappa shape index (κ1) is 16.6. The molecule has 1 aliphatic carbocycles. The highest BCUT2D eigenvalue weighted by molar-refractivity contribution is 6.10. The molecule has 5 amide bonds. The maximum Gasteiger partial charge on any atom is 0.325 e. The quantitative estimate of drug-likeness (QED) is 0.705. The van der Waals surface area contributed by atoms with Gasteiger partial charge in [-0.2, -0.15) is 0 Å². The summed E-state index contributed by atoms with van der Waals surface area (Å²) < 4.78 is 0. The second-order valence-electron chi connectivity index (χ2n) is 7.27. The lowest BCUT2D eigenvalue weighted by Gasteiger charge is -2.21. The van der Waals surface area contributed by atoms with Gasteiger partial charge in [-0.25, -0.2) is 4.79 Å². The van der Waals surface area contributed by atoms with Crippen molar-refractivity contribution in [3.8, 4) is 0 Å². The third kappa shape index (κ3) is 2.81. The summed E-state index contributed by atoms with van der Waals surface area (Å²) in [6, 6.07) is 4.70. The Labute approximate surface area is 150 Å². The van der Waals surface area contributed by atoms with Crippen LogP contribution in [0.4, 0.5) is 16.2 Å². The summed E-state index contributed by atoms with van der Waals surface area (Å²) in [5.41, 5.74) is 1.37. The first-order chi connectivity index (χ1) is 12.4. The van der Waals surface area contributed by atoms with E-state index in [4.69, 9.17) is 0 Å².